The van der Waals surface area contributed by atoms with Gasteiger partial charge < -0.3 is 20.3 Å². The van der Waals surface area contributed by atoms with Crippen LogP contribution in [0.15, 0.2) is 48.5 Å². The number of carboxylic acid groups (broad SMARTS) is 1. The van der Waals surface area contributed by atoms with Crippen molar-refractivity contribution in [1.82, 2.24) is 0 Å². The molecular weight excluding hydrogens is 336 g/mol. The number of cyclic esters (lactones) is 1. The number of aliphatic carboxylic acids is 1. The van der Waals surface area contributed by atoms with E-state index in [1.165, 1.54) is 4.90 Å². The topological polar surface area (TPSA) is 102 Å². The van der Waals surface area contributed by atoms with E-state index in [0.717, 1.165) is 11.3 Å². The number of ether oxygens (including phenoxy) is 2. The third kappa shape index (κ3) is 4.12. The van der Waals surface area contributed by atoms with Crippen LogP contribution in [0.5, 0.6) is 5.75 Å². The standard InChI is InChI=1S/C19H20N2O5/c20-10-13-5-7-15(8-6-13)21-11-16(26-19(21)24)12-25-17-4-2-1-3-14(17)9-18(22)23/h1-8,16H,9-12,20H2,(H,22,23). The molecule has 0 spiro atoms. The zero-order valence-electron chi connectivity index (χ0n) is 14.1. The zero-order valence-corrected chi connectivity index (χ0v) is 14.1. The number of nitrogens with zero attached hydrogens (tertiary/aromatic N) is 1. The number of para-hydroxylation sites is 1. The van der Waals surface area contributed by atoms with Gasteiger partial charge in [0.2, 0.25) is 0 Å². The molecule has 1 amide bonds. The molecule has 26 heavy (non-hydrogen) atoms. The lowest BCUT2D eigenvalue weighted by atomic mass is 10.1. The van der Waals surface area contributed by atoms with Crippen molar-refractivity contribution in [3.63, 3.8) is 0 Å². The predicted molar refractivity (Wildman–Crippen MR) is 95.2 cm³/mol. The number of nitrogens with two attached hydrogens (primary N) is 1. The second kappa shape index (κ2) is 7.88. The van der Waals surface area contributed by atoms with Crippen molar-refractivity contribution in [2.45, 2.75) is 19.1 Å². The van der Waals surface area contributed by atoms with Crippen molar-refractivity contribution >= 4 is 17.7 Å². The van der Waals surface area contributed by atoms with Crippen molar-refractivity contribution in [3.8, 4) is 5.75 Å². The van der Waals surface area contributed by atoms with Gasteiger partial charge in [-0.15, -0.1) is 0 Å². The third-order valence-electron chi connectivity index (χ3n) is 4.10. The molecule has 2 aromatic carbocycles. The molecule has 7 heteroatoms. The monoisotopic (exact) mass is 356 g/mol. The molecule has 136 valence electrons. The summed E-state index contributed by atoms with van der Waals surface area (Å²) >= 11 is 0. The van der Waals surface area contributed by atoms with Gasteiger partial charge in [-0.1, -0.05) is 30.3 Å². The van der Waals surface area contributed by atoms with Crippen LogP contribution in [-0.4, -0.2) is 36.4 Å². The highest BCUT2D eigenvalue weighted by atomic mass is 16.6. The van der Waals surface area contributed by atoms with E-state index in [0.29, 0.717) is 24.4 Å². The SMILES string of the molecule is NCc1ccc(N2CC(COc3ccccc3CC(=O)O)OC2=O)cc1. The fraction of sp³-hybridized carbons (Fsp3) is 0.263. The molecule has 7 nitrogen and oxygen atoms in total. The third-order valence-corrected chi connectivity index (χ3v) is 4.10. The molecule has 0 aliphatic carbocycles. The quantitative estimate of drug-likeness (QED) is 0.788. The smallest absolute Gasteiger partial charge is 0.414 e. The van der Waals surface area contributed by atoms with E-state index >= 15 is 0 Å². The van der Waals surface area contributed by atoms with Gasteiger partial charge in [0.25, 0.3) is 0 Å². The summed E-state index contributed by atoms with van der Waals surface area (Å²) in [5.74, 6) is -0.447. The maximum absolute atomic E-state index is 12.1. The first kappa shape index (κ1) is 17.8. The van der Waals surface area contributed by atoms with E-state index in [9.17, 15) is 9.59 Å². The number of rotatable bonds is 7. The Morgan fingerprint density at radius 3 is 2.65 bits per heavy atom. The number of amides is 1. The van der Waals surface area contributed by atoms with Crippen molar-refractivity contribution in [3.05, 3.63) is 59.7 Å². The van der Waals surface area contributed by atoms with Crippen LogP contribution in [0.25, 0.3) is 0 Å². The number of anilines is 1. The number of hydrogen-bond acceptors (Lipinski definition) is 5. The van der Waals surface area contributed by atoms with Gasteiger partial charge in [-0.05, 0) is 23.8 Å². The van der Waals surface area contributed by atoms with Crippen LogP contribution >= 0.6 is 0 Å². The molecule has 1 aliphatic heterocycles. The number of hydrogen-bond donors (Lipinski definition) is 2. The molecule has 1 atom stereocenters. The predicted octanol–water partition coefficient (Wildman–Crippen LogP) is 2.18. The van der Waals surface area contributed by atoms with Crippen LogP contribution in [0.2, 0.25) is 0 Å². The van der Waals surface area contributed by atoms with Gasteiger partial charge >= 0.3 is 12.1 Å². The largest absolute Gasteiger partial charge is 0.489 e. The average molecular weight is 356 g/mol. The minimum Gasteiger partial charge on any atom is -0.489 e. The maximum atomic E-state index is 12.1. The second-order valence-corrected chi connectivity index (χ2v) is 5.98. The van der Waals surface area contributed by atoms with Crippen molar-refractivity contribution in [1.29, 1.82) is 0 Å². The van der Waals surface area contributed by atoms with E-state index in [2.05, 4.69) is 0 Å². The molecule has 1 fully saturated rings. The average Bonchev–Trinajstić information content (AvgIpc) is 3.01. The molecule has 0 aromatic heterocycles. The first-order valence-electron chi connectivity index (χ1n) is 8.26. The second-order valence-electron chi connectivity index (χ2n) is 5.98. The Morgan fingerprint density at radius 2 is 1.96 bits per heavy atom. The Balaban J connectivity index is 1.62. The minimum absolute atomic E-state index is 0.125. The van der Waals surface area contributed by atoms with E-state index < -0.39 is 18.2 Å². The van der Waals surface area contributed by atoms with Crippen LogP contribution in [0.1, 0.15) is 11.1 Å². The summed E-state index contributed by atoms with van der Waals surface area (Å²) in [7, 11) is 0. The summed E-state index contributed by atoms with van der Waals surface area (Å²) in [6, 6.07) is 14.3. The van der Waals surface area contributed by atoms with Gasteiger partial charge in [0.15, 0.2) is 6.10 Å². The van der Waals surface area contributed by atoms with Gasteiger partial charge in [0.1, 0.15) is 12.4 Å². The van der Waals surface area contributed by atoms with Crippen molar-refractivity contribution in [2.24, 2.45) is 5.73 Å². The van der Waals surface area contributed by atoms with Crippen molar-refractivity contribution in [2.75, 3.05) is 18.1 Å². The summed E-state index contributed by atoms with van der Waals surface area (Å²) in [4.78, 5) is 24.6. The van der Waals surface area contributed by atoms with Gasteiger partial charge in [-0.3, -0.25) is 9.69 Å². The fourth-order valence-corrected chi connectivity index (χ4v) is 2.77. The highest BCUT2D eigenvalue weighted by Gasteiger charge is 2.32. The molecule has 0 bridgehead atoms. The summed E-state index contributed by atoms with van der Waals surface area (Å²) in [5.41, 5.74) is 7.88. The van der Waals surface area contributed by atoms with E-state index in [4.69, 9.17) is 20.3 Å². The maximum Gasteiger partial charge on any atom is 0.414 e. The van der Waals surface area contributed by atoms with Crippen LogP contribution in [0.3, 0.4) is 0 Å². The van der Waals surface area contributed by atoms with E-state index in [1.54, 1.807) is 24.3 Å². The number of carbonyl (C=O) groups is 2. The zero-order chi connectivity index (χ0) is 18.5. The lowest BCUT2D eigenvalue weighted by Gasteiger charge is -2.14. The number of carbonyl (C=O) groups excluding carboxylic acids is 1. The van der Waals surface area contributed by atoms with Gasteiger partial charge in [-0.25, -0.2) is 4.79 Å². The molecule has 1 saturated heterocycles. The molecule has 3 N–H and O–H groups in total. The molecule has 0 radical (unpaired) electrons. The van der Waals surface area contributed by atoms with Gasteiger partial charge in [-0.2, -0.15) is 0 Å². The fourth-order valence-electron chi connectivity index (χ4n) is 2.77. The molecule has 2 aromatic rings. The summed E-state index contributed by atoms with van der Waals surface area (Å²) in [6.07, 6.45) is -0.993. The summed E-state index contributed by atoms with van der Waals surface area (Å²) in [6.45, 7) is 0.957. The van der Waals surface area contributed by atoms with Crippen LogP contribution < -0.4 is 15.4 Å². The van der Waals surface area contributed by atoms with Crippen LogP contribution in [0.4, 0.5) is 10.5 Å². The Kier molecular flexibility index (Phi) is 5.38. The Hall–Kier alpha value is -3.06. The summed E-state index contributed by atoms with van der Waals surface area (Å²) in [5, 5.41) is 8.96. The molecular formula is C19H20N2O5. The van der Waals surface area contributed by atoms with E-state index in [-0.39, 0.29) is 13.0 Å². The van der Waals surface area contributed by atoms with Crippen molar-refractivity contribution < 1.29 is 24.2 Å². The highest BCUT2D eigenvalue weighted by molar-refractivity contribution is 5.89. The highest BCUT2D eigenvalue weighted by Crippen LogP contribution is 2.24. The number of benzene rings is 2. The molecule has 1 aliphatic rings. The molecule has 1 heterocycles. The van der Waals surface area contributed by atoms with Gasteiger partial charge in [0.05, 0.1) is 13.0 Å². The van der Waals surface area contributed by atoms with Gasteiger partial charge in [0, 0.05) is 17.8 Å². The Bertz CT molecular complexity index is 791. The van der Waals surface area contributed by atoms with E-state index in [1.807, 2.05) is 24.3 Å². The normalized spacial score (nSPS) is 16.4. The number of carboxylic acids is 1. The lowest BCUT2D eigenvalue weighted by molar-refractivity contribution is -0.136. The lowest BCUT2D eigenvalue weighted by Crippen LogP contribution is -2.26. The first-order chi connectivity index (χ1) is 12.6. The Morgan fingerprint density at radius 1 is 1.23 bits per heavy atom. The summed E-state index contributed by atoms with van der Waals surface area (Å²) < 4.78 is 11.1. The molecule has 3 rings (SSSR count). The molecule has 1 unspecified atom stereocenters. The Labute approximate surface area is 150 Å². The first-order valence-corrected chi connectivity index (χ1v) is 8.26. The van der Waals surface area contributed by atoms with Crippen LogP contribution in [-0.2, 0) is 22.5 Å². The minimum atomic E-state index is -0.930. The van der Waals surface area contributed by atoms with Crippen LogP contribution in [0, 0.1) is 0 Å². The molecule has 0 saturated carbocycles.